The molecule has 0 amide bonds. The zero-order chi connectivity index (χ0) is 31.4. The van der Waals surface area contributed by atoms with Crippen LogP contribution in [-0.4, -0.2) is 38.5 Å². The lowest BCUT2D eigenvalue weighted by Gasteiger charge is -2.55. The third-order valence-electron chi connectivity index (χ3n) is 13.3. The van der Waals surface area contributed by atoms with E-state index in [1.807, 2.05) is 11.8 Å². The van der Waals surface area contributed by atoms with Gasteiger partial charge < -0.3 is 23.4 Å². The molecular weight excluding hydrogens is 572 g/mol. The zero-order valence-corrected chi connectivity index (χ0v) is 28.6. The van der Waals surface area contributed by atoms with Gasteiger partial charge in [-0.3, -0.25) is 0 Å². The molecule has 0 bridgehead atoms. The van der Waals surface area contributed by atoms with Gasteiger partial charge in [-0.2, -0.15) is 0 Å². The Hall–Kier alpha value is -1.92. The minimum absolute atomic E-state index is 0.0274. The van der Waals surface area contributed by atoms with Crippen LogP contribution in [0.25, 0.3) is 11.1 Å². The number of ether oxygens (including phenoxy) is 4. The molecule has 250 valence electrons. The van der Waals surface area contributed by atoms with Crippen molar-refractivity contribution in [2.45, 2.75) is 122 Å². The van der Waals surface area contributed by atoms with Crippen molar-refractivity contribution >= 4 is 0 Å². The Bertz CT molecular complexity index is 1360. The average molecular weight is 629 g/mol. The Kier molecular flexibility index (Phi) is 8.53. The molecule has 5 fully saturated rings. The zero-order valence-electron chi connectivity index (χ0n) is 28.6. The maximum Gasteiger partial charge on any atom is 0.169 e. The van der Waals surface area contributed by atoms with Crippen molar-refractivity contribution < 1.29 is 23.4 Å². The summed E-state index contributed by atoms with van der Waals surface area (Å²) in [5, 5.41) is 0. The third kappa shape index (κ3) is 5.86. The molecule has 46 heavy (non-hydrogen) atoms. The molecule has 2 unspecified atom stereocenters. The highest BCUT2D eigenvalue weighted by atomic mass is 16.7. The van der Waals surface area contributed by atoms with E-state index in [1.54, 1.807) is 11.8 Å². The molecule has 3 saturated carbocycles. The summed E-state index contributed by atoms with van der Waals surface area (Å²) in [5.41, 5.74) is 8.00. The van der Waals surface area contributed by atoms with Crippen LogP contribution in [0.1, 0.15) is 116 Å². The van der Waals surface area contributed by atoms with Crippen molar-refractivity contribution in [2.75, 3.05) is 26.4 Å². The van der Waals surface area contributed by atoms with Gasteiger partial charge in [0.2, 0.25) is 0 Å². The lowest BCUT2D eigenvalue weighted by Crippen LogP contribution is -2.51. The fourth-order valence-corrected chi connectivity index (χ4v) is 10.8. The van der Waals surface area contributed by atoms with Crippen LogP contribution >= 0.6 is 0 Å². The van der Waals surface area contributed by atoms with Crippen LogP contribution in [0, 0.1) is 34.5 Å². The van der Waals surface area contributed by atoms with Crippen LogP contribution in [0.15, 0.2) is 58.4 Å². The molecule has 6 aliphatic rings. The number of rotatable bonds is 7. The highest BCUT2D eigenvalue weighted by molar-refractivity contribution is 5.62. The molecule has 1 aromatic carbocycles. The number of furan rings is 1. The summed E-state index contributed by atoms with van der Waals surface area (Å²) >= 11 is 0. The summed E-state index contributed by atoms with van der Waals surface area (Å²) in [6, 6.07) is 11.6. The first-order chi connectivity index (χ1) is 22.3. The summed E-state index contributed by atoms with van der Waals surface area (Å²) in [5.74, 6) is 2.99. The Balaban J connectivity index is 1.06. The molecule has 2 aromatic rings. The van der Waals surface area contributed by atoms with Crippen LogP contribution in [-0.2, 0) is 18.9 Å². The van der Waals surface area contributed by atoms with Crippen LogP contribution < -0.4 is 0 Å². The highest BCUT2D eigenvalue weighted by Gasteiger charge is 2.57. The molecule has 3 heterocycles. The number of hydrogen-bond acceptors (Lipinski definition) is 5. The van der Waals surface area contributed by atoms with Crippen molar-refractivity contribution in [1.29, 1.82) is 0 Å². The molecule has 2 saturated heterocycles. The second-order valence-electron chi connectivity index (χ2n) is 16.8. The Morgan fingerprint density at radius 2 is 1.72 bits per heavy atom. The standard InChI is InChI=1S/C41H56O5/c1-39(2)26-45-41(46-27-39)19-17-33-30(23-41)13-15-34-36-16-14-32(7-6-21-44-37-8-4-5-20-43-37)40(36,3)24-35(38(33)34)29-11-9-28(10-12-29)31-18-22-42-25-31/h9-12,18,22,25,30,32,34-37H,4-8,13-17,19-21,23-24,26-27H2,1-3H3/t30-,32?,34-,35+,36-,37?,40-/m0/s1. The van der Waals surface area contributed by atoms with Gasteiger partial charge in [0.05, 0.1) is 25.7 Å². The first kappa shape index (κ1) is 31.4. The van der Waals surface area contributed by atoms with E-state index in [0.717, 1.165) is 75.9 Å². The van der Waals surface area contributed by atoms with Gasteiger partial charge in [-0.05, 0) is 117 Å². The van der Waals surface area contributed by atoms with Gasteiger partial charge in [0.1, 0.15) is 0 Å². The highest BCUT2D eigenvalue weighted by Crippen LogP contribution is 2.67. The van der Waals surface area contributed by atoms with Gasteiger partial charge in [-0.15, -0.1) is 0 Å². The molecule has 4 aliphatic carbocycles. The van der Waals surface area contributed by atoms with Crippen molar-refractivity contribution in [2.24, 2.45) is 34.5 Å². The summed E-state index contributed by atoms with van der Waals surface area (Å²) in [4.78, 5) is 0. The number of fused-ring (bicyclic) bond motifs is 4. The maximum absolute atomic E-state index is 6.58. The molecule has 0 radical (unpaired) electrons. The number of benzene rings is 1. The smallest absolute Gasteiger partial charge is 0.169 e. The molecule has 1 spiro atoms. The van der Waals surface area contributed by atoms with Crippen molar-refractivity contribution in [1.82, 2.24) is 0 Å². The van der Waals surface area contributed by atoms with Gasteiger partial charge in [-0.1, -0.05) is 56.2 Å². The molecule has 2 aliphatic heterocycles. The molecule has 5 nitrogen and oxygen atoms in total. The fourth-order valence-electron chi connectivity index (χ4n) is 10.8. The van der Waals surface area contributed by atoms with Crippen LogP contribution in [0.5, 0.6) is 0 Å². The summed E-state index contributed by atoms with van der Waals surface area (Å²) in [6.45, 7) is 10.5. The Morgan fingerprint density at radius 1 is 0.870 bits per heavy atom. The van der Waals surface area contributed by atoms with E-state index in [1.165, 1.54) is 62.5 Å². The molecule has 8 rings (SSSR count). The first-order valence-corrected chi connectivity index (χ1v) is 18.7. The summed E-state index contributed by atoms with van der Waals surface area (Å²) in [7, 11) is 0. The van der Waals surface area contributed by atoms with Crippen LogP contribution in [0.2, 0.25) is 0 Å². The second kappa shape index (κ2) is 12.5. The predicted octanol–water partition coefficient (Wildman–Crippen LogP) is 10.1. The third-order valence-corrected chi connectivity index (χ3v) is 13.3. The largest absolute Gasteiger partial charge is 0.472 e. The van der Waals surface area contributed by atoms with E-state index >= 15 is 0 Å². The molecule has 1 aromatic heterocycles. The van der Waals surface area contributed by atoms with Crippen LogP contribution in [0.3, 0.4) is 0 Å². The van der Waals surface area contributed by atoms with Crippen molar-refractivity contribution in [3.63, 3.8) is 0 Å². The van der Waals surface area contributed by atoms with Gasteiger partial charge in [0.15, 0.2) is 12.1 Å². The van der Waals surface area contributed by atoms with Gasteiger partial charge in [0.25, 0.3) is 0 Å². The Labute approximate surface area is 276 Å². The monoisotopic (exact) mass is 628 g/mol. The number of allylic oxidation sites excluding steroid dienone is 2. The van der Waals surface area contributed by atoms with E-state index in [0.29, 0.717) is 23.2 Å². The molecule has 7 atom stereocenters. The fraction of sp³-hybridized carbons (Fsp3) is 0.707. The van der Waals surface area contributed by atoms with E-state index < -0.39 is 0 Å². The Morgan fingerprint density at radius 3 is 2.48 bits per heavy atom. The molecule has 5 heteroatoms. The minimum atomic E-state index is -0.370. The van der Waals surface area contributed by atoms with Crippen LogP contribution in [0.4, 0.5) is 0 Å². The lowest BCUT2D eigenvalue weighted by molar-refractivity contribution is -0.312. The summed E-state index contributed by atoms with van der Waals surface area (Å²) in [6.07, 6.45) is 19.4. The summed E-state index contributed by atoms with van der Waals surface area (Å²) < 4.78 is 30.6. The SMILES string of the molecule is CC1(C)COC2(CCC3=C4[C@@H](CC[C@H]3C2)[C@@H]2CCC(CCCOC3CCCCO3)[C@]2(C)C[C@@H]4c2ccc(-c3ccoc3)cc2)OC1. The second-order valence-corrected chi connectivity index (χ2v) is 16.8. The first-order valence-electron chi connectivity index (χ1n) is 18.7. The van der Waals surface area contributed by atoms with Crippen molar-refractivity contribution in [3.05, 3.63) is 59.6 Å². The van der Waals surface area contributed by atoms with E-state index in [9.17, 15) is 0 Å². The van der Waals surface area contributed by atoms with E-state index in [2.05, 4.69) is 51.1 Å². The molecule has 0 N–H and O–H groups in total. The normalized spacial score (nSPS) is 36.7. The van der Waals surface area contributed by atoms with Crippen molar-refractivity contribution in [3.8, 4) is 11.1 Å². The quantitative estimate of drug-likeness (QED) is 0.226. The number of hydrogen-bond donors (Lipinski definition) is 0. The topological polar surface area (TPSA) is 50.1 Å². The molecular formula is C41H56O5. The predicted molar refractivity (Wildman–Crippen MR) is 180 cm³/mol. The average Bonchev–Trinajstić information content (AvgIpc) is 3.73. The van der Waals surface area contributed by atoms with E-state index in [4.69, 9.17) is 23.4 Å². The van der Waals surface area contributed by atoms with Gasteiger partial charge in [-0.25, -0.2) is 0 Å². The lowest BCUT2D eigenvalue weighted by atomic mass is 9.50. The van der Waals surface area contributed by atoms with E-state index in [-0.39, 0.29) is 17.5 Å². The minimum Gasteiger partial charge on any atom is -0.472 e. The van der Waals surface area contributed by atoms with Gasteiger partial charge >= 0.3 is 0 Å². The van der Waals surface area contributed by atoms with Gasteiger partial charge in [0, 0.05) is 43.0 Å². The maximum atomic E-state index is 6.58.